The molecular weight excluding hydrogens is 468 g/mol. The Morgan fingerprint density at radius 1 is 1.26 bits per heavy atom. The van der Waals surface area contributed by atoms with Gasteiger partial charge >= 0.3 is 5.97 Å². The normalized spacial score (nSPS) is 17.0. The van der Waals surface area contributed by atoms with Crippen LogP contribution in [0.3, 0.4) is 0 Å². The fraction of sp³-hybridized carbons (Fsp3) is 0.400. The van der Waals surface area contributed by atoms with Gasteiger partial charge in [-0.25, -0.2) is 9.79 Å². The van der Waals surface area contributed by atoms with Crippen LogP contribution >= 0.6 is 11.8 Å². The number of amidine groups is 1. The summed E-state index contributed by atoms with van der Waals surface area (Å²) in [5.41, 5.74) is 2.48. The van der Waals surface area contributed by atoms with E-state index in [2.05, 4.69) is 16.9 Å². The molecule has 0 saturated heterocycles. The quantitative estimate of drug-likeness (QED) is 0.366. The number of esters is 1. The number of benzene rings is 1. The largest absolute Gasteiger partial charge is 0.493 e. The molecule has 35 heavy (non-hydrogen) atoms. The minimum Gasteiger partial charge on any atom is -0.493 e. The van der Waals surface area contributed by atoms with Gasteiger partial charge < -0.3 is 29.3 Å². The zero-order chi connectivity index (χ0) is 25.5. The third-order valence-corrected chi connectivity index (χ3v) is 6.39. The first-order chi connectivity index (χ1) is 16.8. The van der Waals surface area contributed by atoms with Crippen molar-refractivity contribution in [2.24, 2.45) is 4.99 Å². The maximum absolute atomic E-state index is 13.2. The molecule has 0 unspecified atom stereocenters. The average Bonchev–Trinajstić information content (AvgIpc) is 3.22. The van der Waals surface area contributed by atoms with Crippen LogP contribution < -0.4 is 14.8 Å². The summed E-state index contributed by atoms with van der Waals surface area (Å²) in [6, 6.07) is 4.94. The molecule has 10 heteroatoms. The van der Waals surface area contributed by atoms with Gasteiger partial charge in [0.1, 0.15) is 6.61 Å². The van der Waals surface area contributed by atoms with Crippen LogP contribution in [0, 0.1) is 0 Å². The molecule has 2 aliphatic heterocycles. The molecule has 0 aromatic heterocycles. The topological polar surface area (TPSA) is 92.7 Å². The van der Waals surface area contributed by atoms with Crippen molar-refractivity contribution in [3.8, 4) is 11.5 Å². The maximum atomic E-state index is 13.2. The summed E-state index contributed by atoms with van der Waals surface area (Å²) in [6.07, 6.45) is 1.67. The fourth-order valence-electron chi connectivity index (χ4n) is 3.83. The number of likely N-dealkylation sites (N-methyl/N-ethyl adjacent to an activating group) is 1. The lowest BCUT2D eigenvalue weighted by Gasteiger charge is -2.36. The molecule has 0 saturated carbocycles. The molecule has 0 radical (unpaired) electrons. The van der Waals surface area contributed by atoms with Crippen LogP contribution in [-0.4, -0.2) is 74.9 Å². The number of ether oxygens (including phenoxy) is 3. The lowest BCUT2D eigenvalue weighted by Crippen LogP contribution is -2.38. The van der Waals surface area contributed by atoms with E-state index < -0.39 is 12.0 Å². The van der Waals surface area contributed by atoms with E-state index in [9.17, 15) is 9.59 Å². The molecule has 0 aliphatic carbocycles. The molecule has 3 rings (SSSR count). The van der Waals surface area contributed by atoms with Crippen molar-refractivity contribution in [2.75, 3.05) is 48.0 Å². The number of nitrogens with one attached hydrogen (secondary N) is 1. The van der Waals surface area contributed by atoms with Crippen LogP contribution in [-0.2, 0) is 14.3 Å². The number of thioether (sulfide) groups is 1. The molecule has 188 valence electrons. The van der Waals surface area contributed by atoms with E-state index in [-0.39, 0.29) is 18.9 Å². The molecule has 2 aliphatic rings. The first-order valence-electron chi connectivity index (χ1n) is 11.2. The highest BCUT2D eigenvalue weighted by molar-refractivity contribution is 8.16. The van der Waals surface area contributed by atoms with Crippen LogP contribution in [0.5, 0.6) is 11.5 Å². The number of aliphatic imine (C=N–C) groups is 1. The first-order valence-corrected chi connectivity index (χ1v) is 12.0. The van der Waals surface area contributed by atoms with E-state index in [0.717, 1.165) is 17.8 Å². The van der Waals surface area contributed by atoms with Gasteiger partial charge in [0.2, 0.25) is 5.91 Å². The number of rotatable bonds is 11. The summed E-state index contributed by atoms with van der Waals surface area (Å²) in [4.78, 5) is 34.5. The third-order valence-electron chi connectivity index (χ3n) is 5.50. The summed E-state index contributed by atoms with van der Waals surface area (Å²) in [6.45, 7) is 6.78. The van der Waals surface area contributed by atoms with Crippen LogP contribution in [0.15, 0.2) is 58.2 Å². The summed E-state index contributed by atoms with van der Waals surface area (Å²) < 4.78 is 16.3. The number of carbonyl (C=O) groups is 2. The molecule has 1 atom stereocenters. The zero-order valence-corrected chi connectivity index (χ0v) is 21.6. The smallest absolute Gasteiger partial charge is 0.338 e. The molecule has 1 N–H and O–H groups in total. The van der Waals surface area contributed by atoms with Crippen LogP contribution in [0.1, 0.15) is 24.9 Å². The second kappa shape index (κ2) is 11.9. The molecule has 0 bridgehead atoms. The Balaban J connectivity index is 1.99. The number of methoxy groups -OCH3 is 2. The van der Waals surface area contributed by atoms with Crippen LogP contribution in [0.4, 0.5) is 0 Å². The van der Waals surface area contributed by atoms with Crippen LogP contribution in [0.2, 0.25) is 0 Å². The number of hydrogen-bond donors (Lipinski definition) is 1. The molecule has 1 amide bonds. The Labute approximate surface area is 210 Å². The first kappa shape index (κ1) is 26.4. The van der Waals surface area contributed by atoms with Gasteiger partial charge in [0.25, 0.3) is 0 Å². The fourth-order valence-corrected chi connectivity index (χ4v) is 4.79. The minimum atomic E-state index is -0.560. The molecule has 0 spiro atoms. The highest BCUT2D eigenvalue weighted by Crippen LogP contribution is 2.46. The minimum absolute atomic E-state index is 0.0799. The lowest BCUT2D eigenvalue weighted by molar-refractivity contribution is -0.138. The van der Waals surface area contributed by atoms with E-state index in [1.54, 1.807) is 27.2 Å². The van der Waals surface area contributed by atoms with Gasteiger partial charge in [-0.2, -0.15) is 0 Å². The molecule has 1 aromatic rings. The number of amides is 1. The predicted octanol–water partition coefficient (Wildman–Crippen LogP) is 3.08. The molecule has 1 aromatic carbocycles. The van der Waals surface area contributed by atoms with E-state index >= 15 is 0 Å². The van der Waals surface area contributed by atoms with Crippen molar-refractivity contribution in [1.29, 1.82) is 0 Å². The van der Waals surface area contributed by atoms with Crippen molar-refractivity contribution >= 4 is 28.8 Å². The summed E-state index contributed by atoms with van der Waals surface area (Å²) >= 11 is 1.42. The highest BCUT2D eigenvalue weighted by atomic mass is 32.2. The highest BCUT2D eigenvalue weighted by Gasteiger charge is 2.41. The third kappa shape index (κ3) is 6.07. The second-order valence-electron chi connectivity index (χ2n) is 8.22. The number of hydrogen-bond acceptors (Lipinski definition) is 9. The Hall–Kier alpha value is -3.24. The Morgan fingerprint density at radius 2 is 2.00 bits per heavy atom. The van der Waals surface area contributed by atoms with Gasteiger partial charge in [0.15, 0.2) is 16.7 Å². The number of fused-ring (bicyclic) bond motifs is 1. The van der Waals surface area contributed by atoms with Crippen molar-refractivity contribution in [1.82, 2.24) is 15.1 Å². The van der Waals surface area contributed by atoms with E-state index in [4.69, 9.17) is 14.2 Å². The van der Waals surface area contributed by atoms with Crippen molar-refractivity contribution in [3.63, 3.8) is 0 Å². The Kier molecular flexibility index (Phi) is 9.00. The average molecular weight is 501 g/mol. The zero-order valence-electron chi connectivity index (χ0n) is 20.8. The molecule has 0 fully saturated rings. The molecule has 9 nitrogen and oxygen atoms in total. The van der Waals surface area contributed by atoms with Gasteiger partial charge in [-0.3, -0.25) is 4.79 Å². The summed E-state index contributed by atoms with van der Waals surface area (Å²) in [5.74, 6) is 0.512. The lowest BCUT2D eigenvalue weighted by atomic mass is 9.93. The number of allylic oxidation sites excluding steroid dienone is 1. The van der Waals surface area contributed by atoms with Crippen molar-refractivity contribution < 1.29 is 23.8 Å². The van der Waals surface area contributed by atoms with Gasteiger partial charge in [0.05, 0.1) is 38.0 Å². The van der Waals surface area contributed by atoms with E-state index in [0.29, 0.717) is 34.5 Å². The molecule has 2 heterocycles. The number of carbonyl (C=O) groups excluding carboxylic acids is 2. The van der Waals surface area contributed by atoms with E-state index in [1.165, 1.54) is 17.8 Å². The summed E-state index contributed by atoms with van der Waals surface area (Å²) in [5, 5.41) is 5.55. The Morgan fingerprint density at radius 3 is 2.66 bits per heavy atom. The second-order valence-corrected chi connectivity index (χ2v) is 9.06. The van der Waals surface area contributed by atoms with Gasteiger partial charge in [-0.15, -0.1) is 0 Å². The SMILES string of the molecule is C=CCOC(=O)C1=C(C)N=C2SC=C(CC(=O)NCCN(C)C)N2[C@@H]1c1ccc(OC)c(OC)c1. The van der Waals surface area contributed by atoms with E-state index in [1.807, 2.05) is 41.4 Å². The summed E-state index contributed by atoms with van der Waals surface area (Å²) in [7, 11) is 7.03. The van der Waals surface area contributed by atoms with Crippen molar-refractivity contribution in [2.45, 2.75) is 19.4 Å². The van der Waals surface area contributed by atoms with Crippen molar-refractivity contribution in [3.05, 3.63) is 58.8 Å². The Bertz CT molecular complexity index is 1080. The monoisotopic (exact) mass is 500 g/mol. The standard InChI is InChI=1S/C25H32N4O5S/c1-7-12-34-24(31)22-16(2)27-25-29(18(15-35-25)14-21(30)26-10-11-28(3)4)23(22)17-8-9-19(32-5)20(13-17)33-6/h7-9,13,15,23H,1,10-12,14H2,2-6H3,(H,26,30)/t23-/m1/s1. The van der Waals surface area contributed by atoms with Gasteiger partial charge in [-0.05, 0) is 44.1 Å². The molecular formula is C25H32N4O5S. The predicted molar refractivity (Wildman–Crippen MR) is 137 cm³/mol. The van der Waals surface area contributed by atoms with Crippen LogP contribution in [0.25, 0.3) is 0 Å². The number of nitrogens with zero attached hydrogens (tertiary/aromatic N) is 3. The van der Waals surface area contributed by atoms with Gasteiger partial charge in [0, 0.05) is 18.8 Å². The maximum Gasteiger partial charge on any atom is 0.338 e. The van der Waals surface area contributed by atoms with Gasteiger partial charge in [-0.1, -0.05) is 30.5 Å².